The summed E-state index contributed by atoms with van der Waals surface area (Å²) >= 11 is 0. The normalized spacial score (nSPS) is 21.4. The van der Waals surface area contributed by atoms with Crippen molar-refractivity contribution in [3.63, 3.8) is 0 Å². The smallest absolute Gasteiger partial charge is 0.340 e. The molecule has 0 bridgehead atoms. The Labute approximate surface area is 118 Å². The van der Waals surface area contributed by atoms with E-state index >= 15 is 0 Å². The summed E-state index contributed by atoms with van der Waals surface area (Å²) in [6, 6.07) is 0.626. The number of rotatable bonds is 3. The third-order valence-corrected chi connectivity index (χ3v) is 3.46. The molecule has 0 aliphatic carbocycles. The quantitative estimate of drug-likeness (QED) is 0.590. The van der Waals surface area contributed by atoms with Crippen molar-refractivity contribution in [1.82, 2.24) is 4.90 Å². The number of amides is 1. The summed E-state index contributed by atoms with van der Waals surface area (Å²) in [5, 5.41) is 0. The van der Waals surface area contributed by atoms with E-state index in [9.17, 15) is 14.1 Å². The van der Waals surface area contributed by atoms with Crippen LogP contribution in [0, 0.1) is 0 Å². The average Bonchev–Trinajstić information content (AvgIpc) is 2.87. The molecule has 1 unspecified atom stereocenters. The van der Waals surface area contributed by atoms with Gasteiger partial charge in [0, 0.05) is 23.5 Å². The molecule has 0 radical (unpaired) electrons. The number of nitrogens with zero attached hydrogens (tertiary/aromatic N) is 1. The molecule has 2 rings (SSSR count). The number of hydrogen-bond donors (Lipinski definition) is 0. The van der Waals surface area contributed by atoms with Gasteiger partial charge >= 0.3 is 5.97 Å². The molecular formula is C15H20FNO3. The third kappa shape index (κ3) is 4.33. The van der Waals surface area contributed by atoms with Gasteiger partial charge in [0.1, 0.15) is 0 Å². The molecule has 110 valence electrons. The molecule has 20 heavy (non-hydrogen) atoms. The second-order valence-electron chi connectivity index (χ2n) is 4.70. The molecule has 2 aliphatic rings. The van der Waals surface area contributed by atoms with Crippen molar-refractivity contribution in [1.29, 1.82) is 0 Å². The summed E-state index contributed by atoms with van der Waals surface area (Å²) in [5.41, 5.74) is 0.0394. The van der Waals surface area contributed by atoms with Gasteiger partial charge in [0.25, 0.3) is 0 Å². The zero-order valence-electron chi connectivity index (χ0n) is 11.5. The summed E-state index contributed by atoms with van der Waals surface area (Å²) in [4.78, 5) is 26.5. The second-order valence-corrected chi connectivity index (χ2v) is 4.70. The van der Waals surface area contributed by atoms with Crippen molar-refractivity contribution in [3.05, 3.63) is 37.0 Å². The number of hydrogen-bond acceptors (Lipinski definition) is 3. The van der Waals surface area contributed by atoms with Gasteiger partial charge in [-0.15, -0.1) is 0 Å². The molecule has 5 heteroatoms. The van der Waals surface area contributed by atoms with Crippen LogP contribution in [-0.4, -0.2) is 29.4 Å². The highest BCUT2D eigenvalue weighted by Gasteiger charge is 2.31. The largest absolute Gasteiger partial charge is 0.379 e. The average molecular weight is 281 g/mol. The fourth-order valence-electron chi connectivity index (χ4n) is 2.45. The highest BCUT2D eigenvalue weighted by atomic mass is 19.3. The maximum Gasteiger partial charge on any atom is 0.379 e. The van der Waals surface area contributed by atoms with Crippen LogP contribution in [0.2, 0.25) is 0 Å². The summed E-state index contributed by atoms with van der Waals surface area (Å²) in [6.45, 7) is 7.61. The Hall–Kier alpha value is -1.91. The van der Waals surface area contributed by atoms with E-state index in [-0.39, 0.29) is 5.57 Å². The summed E-state index contributed by atoms with van der Waals surface area (Å²) in [7, 11) is 0. The second kappa shape index (κ2) is 8.30. The lowest BCUT2D eigenvalue weighted by atomic mass is 10.0. The lowest BCUT2D eigenvalue weighted by molar-refractivity contribution is -0.177. The van der Waals surface area contributed by atoms with Crippen molar-refractivity contribution >= 4 is 11.9 Å². The number of carbonyl (C=O) groups excluding carboxylic acids is 2. The minimum absolute atomic E-state index is 0.0394. The van der Waals surface area contributed by atoms with Gasteiger partial charge in [-0.2, -0.15) is 0 Å². The van der Waals surface area contributed by atoms with Crippen molar-refractivity contribution in [3.8, 4) is 0 Å². The molecule has 2 aliphatic heterocycles. The predicted octanol–water partition coefficient (Wildman–Crippen LogP) is 2.87. The highest BCUT2D eigenvalue weighted by molar-refractivity contribution is 5.91. The minimum Gasteiger partial charge on any atom is -0.340 e. The summed E-state index contributed by atoms with van der Waals surface area (Å²) in [6.07, 6.45) is 9.57. The summed E-state index contributed by atoms with van der Waals surface area (Å²) < 4.78 is 11.2. The van der Waals surface area contributed by atoms with Crippen LogP contribution in [0.15, 0.2) is 37.0 Å². The Bertz CT molecular complexity index is 417. The lowest BCUT2D eigenvalue weighted by Crippen LogP contribution is -2.36. The van der Waals surface area contributed by atoms with Gasteiger partial charge in [0.05, 0.1) is 5.57 Å². The van der Waals surface area contributed by atoms with E-state index in [0.29, 0.717) is 11.9 Å². The fourth-order valence-corrected chi connectivity index (χ4v) is 2.45. The molecule has 0 N–H and O–H groups in total. The number of halogens is 1. The van der Waals surface area contributed by atoms with E-state index < -0.39 is 5.97 Å². The van der Waals surface area contributed by atoms with Crippen LogP contribution in [-0.2, 0) is 14.5 Å². The van der Waals surface area contributed by atoms with Crippen molar-refractivity contribution in [2.24, 2.45) is 0 Å². The van der Waals surface area contributed by atoms with E-state index in [0.717, 1.165) is 19.4 Å². The molecule has 2 heterocycles. The van der Waals surface area contributed by atoms with Crippen LogP contribution in [0.1, 0.15) is 32.1 Å². The molecule has 1 atom stereocenters. The van der Waals surface area contributed by atoms with Crippen LogP contribution >= 0.6 is 0 Å². The first kappa shape index (κ1) is 16.1. The predicted molar refractivity (Wildman–Crippen MR) is 74.3 cm³/mol. The lowest BCUT2D eigenvalue weighted by Gasteiger charge is -2.29. The van der Waals surface area contributed by atoms with Gasteiger partial charge in [-0.3, -0.25) is 4.79 Å². The molecule has 4 nitrogen and oxygen atoms in total. The molecule has 2 fully saturated rings. The number of fused-ring (bicyclic) bond motifs is 1. The first-order chi connectivity index (χ1) is 9.63. The van der Waals surface area contributed by atoms with Gasteiger partial charge in [-0.05, 0) is 31.8 Å². The van der Waals surface area contributed by atoms with Gasteiger partial charge in [0.15, 0.2) is 0 Å². The third-order valence-electron chi connectivity index (χ3n) is 3.46. The van der Waals surface area contributed by atoms with Crippen LogP contribution < -0.4 is 0 Å². The topological polar surface area (TPSA) is 46.6 Å². The fraction of sp³-hybridized carbons (Fsp3) is 0.467. The number of piperidine rings is 1. The van der Waals surface area contributed by atoms with E-state index in [4.69, 9.17) is 0 Å². The first-order valence-corrected chi connectivity index (χ1v) is 6.71. The van der Waals surface area contributed by atoms with E-state index in [1.807, 2.05) is 0 Å². The van der Waals surface area contributed by atoms with Crippen LogP contribution in [0.25, 0.3) is 0 Å². The van der Waals surface area contributed by atoms with Gasteiger partial charge in [-0.1, -0.05) is 25.3 Å². The Morgan fingerprint density at radius 2 is 2.10 bits per heavy atom. The Morgan fingerprint density at radius 1 is 1.35 bits per heavy atom. The zero-order chi connectivity index (χ0) is 15.0. The van der Waals surface area contributed by atoms with Crippen LogP contribution in [0.4, 0.5) is 4.53 Å². The maximum atomic E-state index is 11.2. The molecule has 1 amide bonds. The summed E-state index contributed by atoms with van der Waals surface area (Å²) in [5.74, 6) is -0.667. The van der Waals surface area contributed by atoms with Crippen LogP contribution in [0.3, 0.4) is 0 Å². The van der Waals surface area contributed by atoms with Gasteiger partial charge in [0.2, 0.25) is 5.91 Å². The zero-order valence-corrected chi connectivity index (χ0v) is 11.5. The maximum absolute atomic E-state index is 11.2. The number of carbonyl (C=O) groups is 2. The van der Waals surface area contributed by atoms with Gasteiger partial charge < -0.3 is 4.90 Å². The molecule has 2 saturated heterocycles. The van der Waals surface area contributed by atoms with Gasteiger partial charge in [-0.25, -0.2) is 9.74 Å². The minimum atomic E-state index is -1.06. The molecule has 0 aromatic rings. The molecule has 0 aromatic heterocycles. The monoisotopic (exact) mass is 281 g/mol. The van der Waals surface area contributed by atoms with E-state index in [1.54, 1.807) is 0 Å². The Kier molecular flexibility index (Phi) is 6.70. The molecular weight excluding hydrogens is 261 g/mol. The van der Waals surface area contributed by atoms with E-state index in [1.165, 1.54) is 37.5 Å². The van der Waals surface area contributed by atoms with E-state index in [2.05, 4.69) is 23.0 Å². The van der Waals surface area contributed by atoms with Crippen molar-refractivity contribution in [2.45, 2.75) is 38.1 Å². The SMILES string of the molecule is C=C/C=C(\C=C)C(=O)OF.O=C1CCC2CCCCN12. The van der Waals surface area contributed by atoms with Crippen LogP contribution in [0.5, 0.6) is 0 Å². The number of allylic oxidation sites excluding steroid dienone is 2. The van der Waals surface area contributed by atoms with Crippen molar-refractivity contribution in [2.75, 3.05) is 6.54 Å². The molecule has 0 spiro atoms. The first-order valence-electron chi connectivity index (χ1n) is 6.71. The Balaban J connectivity index is 0.000000200. The molecule has 0 aromatic carbocycles. The molecule has 0 saturated carbocycles. The Morgan fingerprint density at radius 3 is 2.65 bits per heavy atom. The van der Waals surface area contributed by atoms with Crippen molar-refractivity contribution < 1.29 is 19.1 Å². The standard InChI is InChI=1S/C8H13NO.C7H7FO2/c10-8-5-4-7-3-1-2-6-9(7)8;1-3-5-6(4-2)7(9)10-8/h7H,1-6H2;3-5H,1-2H2/b;6-5+. The highest BCUT2D eigenvalue weighted by Crippen LogP contribution is 2.27.